The molecule has 0 amide bonds. The second-order valence-corrected chi connectivity index (χ2v) is 5.44. The zero-order valence-electron chi connectivity index (χ0n) is 11.7. The molecule has 1 nitrogen and oxygen atoms in total. The van der Waals surface area contributed by atoms with Gasteiger partial charge in [0, 0.05) is 12.1 Å². The van der Waals surface area contributed by atoms with Crippen LogP contribution in [0.5, 0.6) is 0 Å². The van der Waals surface area contributed by atoms with Gasteiger partial charge in [-0.2, -0.15) is 0 Å². The Bertz CT molecular complexity index is 846. The fraction of sp³-hybridized carbons (Fsp3) is 0.0500. The van der Waals surface area contributed by atoms with Gasteiger partial charge < -0.3 is 5.73 Å². The molecule has 0 saturated carbocycles. The first kappa shape index (κ1) is 12.2. The highest BCUT2D eigenvalue weighted by Crippen LogP contribution is 2.35. The summed E-state index contributed by atoms with van der Waals surface area (Å²) in [6, 6.07) is 19.4. The molecule has 0 unspecified atom stereocenters. The van der Waals surface area contributed by atoms with Gasteiger partial charge in [-0.25, -0.2) is 0 Å². The van der Waals surface area contributed by atoms with Crippen molar-refractivity contribution in [3.63, 3.8) is 0 Å². The van der Waals surface area contributed by atoms with E-state index in [0.717, 1.165) is 12.1 Å². The van der Waals surface area contributed by atoms with E-state index in [1.54, 1.807) is 0 Å². The van der Waals surface area contributed by atoms with Gasteiger partial charge in [0.15, 0.2) is 0 Å². The Morgan fingerprint density at radius 3 is 2.05 bits per heavy atom. The molecule has 1 aliphatic rings. The standard InChI is InChI=1S/C20H16N/c21-17-9-5-8-16(13-17)20-18-10-3-1-6-14(18)12-15-7-2-4-11-19(15)20/h1-4,6-13H,5,21H2. The minimum atomic E-state index is 0.851. The summed E-state index contributed by atoms with van der Waals surface area (Å²) in [5.74, 6) is 0. The average molecular weight is 270 g/mol. The van der Waals surface area contributed by atoms with E-state index in [1.807, 2.05) is 0 Å². The number of hydrogen-bond acceptors (Lipinski definition) is 1. The zero-order valence-corrected chi connectivity index (χ0v) is 11.7. The minimum Gasteiger partial charge on any atom is -0.402 e. The summed E-state index contributed by atoms with van der Waals surface area (Å²) >= 11 is 0. The quantitative estimate of drug-likeness (QED) is 0.630. The SMILES string of the molecule is NC1=CC(c2c3ccccc3cc3ccccc23)=CC[CH]1. The number of allylic oxidation sites excluding steroid dienone is 4. The summed E-state index contributed by atoms with van der Waals surface area (Å²) < 4.78 is 0. The molecule has 3 aromatic rings. The van der Waals surface area contributed by atoms with Crippen LogP contribution >= 0.6 is 0 Å². The molecule has 1 radical (unpaired) electrons. The normalized spacial score (nSPS) is 15.0. The average Bonchev–Trinajstić information content (AvgIpc) is 2.52. The zero-order chi connectivity index (χ0) is 14.2. The third kappa shape index (κ3) is 2.02. The van der Waals surface area contributed by atoms with Crippen LogP contribution in [0.2, 0.25) is 0 Å². The topological polar surface area (TPSA) is 26.0 Å². The second kappa shape index (κ2) is 4.78. The summed E-state index contributed by atoms with van der Waals surface area (Å²) in [6.45, 7) is 0. The maximum absolute atomic E-state index is 6.02. The van der Waals surface area contributed by atoms with Crippen LogP contribution in [0, 0.1) is 6.42 Å². The summed E-state index contributed by atoms with van der Waals surface area (Å²) in [6.07, 6.45) is 7.29. The fourth-order valence-electron chi connectivity index (χ4n) is 3.12. The summed E-state index contributed by atoms with van der Waals surface area (Å²) in [4.78, 5) is 0. The second-order valence-electron chi connectivity index (χ2n) is 5.44. The number of hydrogen-bond donors (Lipinski definition) is 1. The van der Waals surface area contributed by atoms with Gasteiger partial charge in [-0.3, -0.25) is 0 Å². The first-order valence-corrected chi connectivity index (χ1v) is 7.24. The van der Waals surface area contributed by atoms with Crippen LogP contribution in [0.1, 0.15) is 12.0 Å². The van der Waals surface area contributed by atoms with Crippen LogP contribution in [-0.2, 0) is 0 Å². The third-order valence-electron chi connectivity index (χ3n) is 4.07. The van der Waals surface area contributed by atoms with Crippen molar-refractivity contribution >= 4 is 27.1 Å². The van der Waals surface area contributed by atoms with E-state index in [1.165, 1.54) is 32.7 Å². The van der Waals surface area contributed by atoms with Gasteiger partial charge >= 0.3 is 0 Å². The molecule has 1 heteroatoms. The van der Waals surface area contributed by atoms with Crippen LogP contribution in [0.15, 0.2) is 72.4 Å². The molecule has 0 fully saturated rings. The lowest BCUT2D eigenvalue weighted by Crippen LogP contribution is -2.02. The molecule has 0 heterocycles. The van der Waals surface area contributed by atoms with Crippen molar-refractivity contribution in [1.29, 1.82) is 0 Å². The molecule has 2 N–H and O–H groups in total. The van der Waals surface area contributed by atoms with Gasteiger partial charge in [0.2, 0.25) is 0 Å². The Morgan fingerprint density at radius 2 is 1.43 bits per heavy atom. The largest absolute Gasteiger partial charge is 0.402 e. The summed E-state index contributed by atoms with van der Waals surface area (Å²) in [7, 11) is 0. The molecular formula is C20H16N. The minimum absolute atomic E-state index is 0.851. The summed E-state index contributed by atoms with van der Waals surface area (Å²) in [5.41, 5.74) is 9.38. The van der Waals surface area contributed by atoms with Crippen LogP contribution in [-0.4, -0.2) is 0 Å². The smallest absolute Gasteiger partial charge is 0.0128 e. The molecule has 0 aromatic heterocycles. The number of fused-ring (bicyclic) bond motifs is 2. The highest BCUT2D eigenvalue weighted by molar-refractivity contribution is 6.10. The molecule has 0 bridgehead atoms. The number of nitrogens with two attached hydrogens (primary N) is 1. The number of benzene rings is 3. The molecule has 101 valence electrons. The first-order valence-electron chi connectivity index (χ1n) is 7.24. The van der Waals surface area contributed by atoms with Crippen molar-refractivity contribution in [3.05, 3.63) is 84.4 Å². The van der Waals surface area contributed by atoms with Crippen molar-refractivity contribution in [1.82, 2.24) is 0 Å². The molecule has 1 aliphatic carbocycles. The van der Waals surface area contributed by atoms with Gasteiger partial charge in [0.1, 0.15) is 0 Å². The molecule has 21 heavy (non-hydrogen) atoms. The van der Waals surface area contributed by atoms with E-state index in [2.05, 4.69) is 73.2 Å². The van der Waals surface area contributed by atoms with Gasteiger partial charge in [-0.15, -0.1) is 0 Å². The van der Waals surface area contributed by atoms with Crippen molar-refractivity contribution in [3.8, 4) is 0 Å². The van der Waals surface area contributed by atoms with Crippen LogP contribution in [0.25, 0.3) is 27.1 Å². The Morgan fingerprint density at radius 1 is 0.810 bits per heavy atom. The van der Waals surface area contributed by atoms with Crippen molar-refractivity contribution < 1.29 is 0 Å². The van der Waals surface area contributed by atoms with Crippen molar-refractivity contribution in [2.75, 3.05) is 0 Å². The Labute approximate surface area is 124 Å². The lowest BCUT2D eigenvalue weighted by molar-refractivity contribution is 1.16. The van der Waals surface area contributed by atoms with E-state index in [4.69, 9.17) is 5.73 Å². The predicted molar refractivity (Wildman–Crippen MR) is 90.6 cm³/mol. The molecule has 0 aliphatic heterocycles. The lowest BCUT2D eigenvalue weighted by atomic mass is 9.89. The van der Waals surface area contributed by atoms with E-state index in [9.17, 15) is 0 Å². The van der Waals surface area contributed by atoms with Crippen LogP contribution in [0.4, 0.5) is 0 Å². The highest BCUT2D eigenvalue weighted by atomic mass is 14.6. The Hall–Kier alpha value is -2.54. The van der Waals surface area contributed by atoms with Gasteiger partial charge in [-0.1, -0.05) is 54.6 Å². The monoisotopic (exact) mass is 270 g/mol. The van der Waals surface area contributed by atoms with E-state index >= 15 is 0 Å². The Balaban J connectivity index is 2.15. The molecular weight excluding hydrogens is 254 g/mol. The Kier molecular flexibility index (Phi) is 2.78. The van der Waals surface area contributed by atoms with Gasteiger partial charge in [-0.05, 0) is 51.2 Å². The molecule has 0 spiro atoms. The molecule has 3 aromatic carbocycles. The first-order chi connectivity index (χ1) is 10.3. The van der Waals surface area contributed by atoms with Gasteiger partial charge in [0.05, 0.1) is 0 Å². The molecule has 4 rings (SSSR count). The van der Waals surface area contributed by atoms with Gasteiger partial charge in [0.25, 0.3) is 0 Å². The van der Waals surface area contributed by atoms with E-state index in [-0.39, 0.29) is 0 Å². The lowest BCUT2D eigenvalue weighted by Gasteiger charge is -2.16. The van der Waals surface area contributed by atoms with E-state index < -0.39 is 0 Å². The maximum Gasteiger partial charge on any atom is 0.0128 e. The summed E-state index contributed by atoms with van der Waals surface area (Å²) in [5, 5.41) is 5.11. The maximum atomic E-state index is 6.02. The third-order valence-corrected chi connectivity index (χ3v) is 4.07. The molecule has 0 atom stereocenters. The van der Waals surface area contributed by atoms with Crippen LogP contribution < -0.4 is 5.73 Å². The number of rotatable bonds is 1. The van der Waals surface area contributed by atoms with E-state index in [0.29, 0.717) is 0 Å². The fourth-order valence-corrected chi connectivity index (χ4v) is 3.12. The molecule has 0 saturated heterocycles. The highest BCUT2D eigenvalue weighted by Gasteiger charge is 2.12. The van der Waals surface area contributed by atoms with Crippen molar-refractivity contribution in [2.45, 2.75) is 6.42 Å². The van der Waals surface area contributed by atoms with Crippen LogP contribution in [0.3, 0.4) is 0 Å². The predicted octanol–water partition coefficient (Wildman–Crippen LogP) is 4.83. The van der Waals surface area contributed by atoms with Crippen molar-refractivity contribution in [2.24, 2.45) is 5.73 Å².